The first-order chi connectivity index (χ1) is 15.4. The topological polar surface area (TPSA) is 116 Å². The second-order valence-corrected chi connectivity index (χ2v) is 9.26. The van der Waals surface area contributed by atoms with E-state index in [4.69, 9.17) is 9.84 Å². The average molecular weight is 458 g/mol. The largest absolute Gasteiger partial charge is 0.466 e. The van der Waals surface area contributed by atoms with E-state index < -0.39 is 21.9 Å². The zero-order chi connectivity index (χ0) is 22.9. The Morgan fingerprint density at radius 1 is 1.16 bits per heavy atom. The molecule has 4 rings (SSSR count). The molecule has 32 heavy (non-hydrogen) atoms. The van der Waals surface area contributed by atoms with Gasteiger partial charge in [-0.25, -0.2) is 13.2 Å². The molecule has 0 aliphatic carbocycles. The number of benzene rings is 2. The quantitative estimate of drug-likeness (QED) is 0.599. The van der Waals surface area contributed by atoms with E-state index in [-0.39, 0.29) is 35.9 Å². The van der Waals surface area contributed by atoms with Crippen LogP contribution in [0.1, 0.15) is 5.56 Å². The number of carbonyl (C=O) groups excluding carboxylic acids is 2. The van der Waals surface area contributed by atoms with Crippen LogP contribution in [0, 0.1) is 0 Å². The second kappa shape index (κ2) is 8.64. The number of hydrogen-bond donors (Lipinski definition) is 2. The van der Waals surface area contributed by atoms with E-state index in [1.807, 2.05) is 18.2 Å². The summed E-state index contributed by atoms with van der Waals surface area (Å²) in [6, 6.07) is 13.4. The fourth-order valence-electron chi connectivity index (χ4n) is 3.89. The van der Waals surface area contributed by atoms with Crippen LogP contribution < -0.4 is 9.62 Å². The molecule has 0 bridgehead atoms. The number of para-hydroxylation sites is 1. The number of carbonyl (C=O) groups is 2. The summed E-state index contributed by atoms with van der Waals surface area (Å²) in [5.41, 5.74) is 2.32. The van der Waals surface area contributed by atoms with E-state index in [0.717, 1.165) is 5.56 Å². The first-order valence-electron chi connectivity index (χ1n) is 10.1. The lowest BCUT2D eigenvalue weighted by atomic mass is 10.2. The predicted octanol–water partition coefficient (Wildman–Crippen LogP) is 1.11. The fourth-order valence-corrected chi connectivity index (χ4v) is 5.39. The van der Waals surface area contributed by atoms with Crippen LogP contribution in [-0.4, -0.2) is 63.7 Å². The summed E-state index contributed by atoms with van der Waals surface area (Å²) >= 11 is 0. The fraction of sp³-hybridized carbons (Fsp3) is 0.273. The smallest absolute Gasteiger partial charge is 0.337 e. The normalized spacial score (nSPS) is 15.9. The monoisotopic (exact) mass is 457 g/mol. The number of hydrogen-bond acceptors (Lipinski definition) is 7. The molecule has 0 aromatic heterocycles. The average Bonchev–Trinajstić information content (AvgIpc) is 3.37. The molecule has 0 atom stereocenters. The highest BCUT2D eigenvalue weighted by Gasteiger charge is 2.35. The van der Waals surface area contributed by atoms with Gasteiger partial charge in [0.05, 0.1) is 36.4 Å². The van der Waals surface area contributed by atoms with Gasteiger partial charge in [0.15, 0.2) is 0 Å². The zero-order valence-corrected chi connectivity index (χ0v) is 18.3. The SMILES string of the molecule is COC(=O)C1=C(Nc2ccc(S(=O)(=O)N3CCc4ccccc43)cc2)C(=O)N(CCO)C1. The number of methoxy groups -OCH3 is 1. The first-order valence-corrected chi connectivity index (χ1v) is 11.5. The number of sulfonamides is 1. The van der Waals surface area contributed by atoms with Gasteiger partial charge >= 0.3 is 5.97 Å². The molecular formula is C22H23N3O6S. The van der Waals surface area contributed by atoms with E-state index >= 15 is 0 Å². The molecule has 168 valence electrons. The molecule has 0 radical (unpaired) electrons. The molecule has 2 aromatic rings. The Morgan fingerprint density at radius 3 is 2.56 bits per heavy atom. The van der Waals surface area contributed by atoms with Gasteiger partial charge in [0.2, 0.25) is 0 Å². The van der Waals surface area contributed by atoms with Crippen molar-refractivity contribution in [2.45, 2.75) is 11.3 Å². The molecule has 10 heteroatoms. The number of fused-ring (bicyclic) bond motifs is 1. The highest BCUT2D eigenvalue weighted by atomic mass is 32.2. The summed E-state index contributed by atoms with van der Waals surface area (Å²) in [4.78, 5) is 26.2. The number of rotatable bonds is 7. The molecule has 2 aliphatic rings. The van der Waals surface area contributed by atoms with Crippen molar-refractivity contribution in [3.63, 3.8) is 0 Å². The van der Waals surface area contributed by atoms with Crippen molar-refractivity contribution in [1.29, 1.82) is 0 Å². The van der Waals surface area contributed by atoms with Crippen molar-refractivity contribution in [3.8, 4) is 0 Å². The third-order valence-corrected chi connectivity index (χ3v) is 7.34. The van der Waals surface area contributed by atoms with Crippen LogP contribution >= 0.6 is 0 Å². The number of aliphatic hydroxyl groups is 1. The Hall–Kier alpha value is -3.37. The van der Waals surface area contributed by atoms with E-state index in [0.29, 0.717) is 24.3 Å². The van der Waals surface area contributed by atoms with Gasteiger partial charge < -0.3 is 20.1 Å². The van der Waals surface area contributed by atoms with Crippen LogP contribution in [0.15, 0.2) is 64.7 Å². The molecule has 0 spiro atoms. The maximum Gasteiger partial charge on any atom is 0.337 e. The van der Waals surface area contributed by atoms with Crippen molar-refractivity contribution in [1.82, 2.24) is 4.90 Å². The van der Waals surface area contributed by atoms with Gasteiger partial charge in [0.1, 0.15) is 5.70 Å². The van der Waals surface area contributed by atoms with Crippen LogP contribution in [0.3, 0.4) is 0 Å². The van der Waals surface area contributed by atoms with Crippen molar-refractivity contribution < 1.29 is 27.9 Å². The number of β-amino-alcohol motifs (C(OH)–C–C–N with tert-alkyl or cyclic N) is 1. The van der Waals surface area contributed by atoms with E-state index in [9.17, 15) is 18.0 Å². The van der Waals surface area contributed by atoms with Gasteiger partial charge in [0.25, 0.3) is 15.9 Å². The Bertz CT molecular complexity index is 1190. The summed E-state index contributed by atoms with van der Waals surface area (Å²) in [5.74, 6) is -1.09. The first kappa shape index (κ1) is 21.8. The summed E-state index contributed by atoms with van der Waals surface area (Å²) in [6.07, 6.45) is 0.659. The third-order valence-electron chi connectivity index (χ3n) is 5.51. The molecule has 0 unspecified atom stereocenters. The third kappa shape index (κ3) is 3.82. The standard InChI is InChI=1S/C22H23N3O6S/c1-31-22(28)18-14-24(12-13-26)21(27)20(18)23-16-6-8-17(9-7-16)32(29,30)25-11-10-15-4-2-3-5-19(15)25/h2-9,23,26H,10-14H2,1H3. The summed E-state index contributed by atoms with van der Waals surface area (Å²) in [7, 11) is -2.51. The molecule has 9 nitrogen and oxygen atoms in total. The number of esters is 1. The number of ether oxygens (including phenoxy) is 1. The van der Waals surface area contributed by atoms with Crippen LogP contribution in [0.25, 0.3) is 0 Å². The molecule has 0 saturated heterocycles. The summed E-state index contributed by atoms with van der Waals surface area (Å²) in [6.45, 7) is 0.250. The number of nitrogens with one attached hydrogen (secondary N) is 1. The molecule has 2 aliphatic heterocycles. The van der Waals surface area contributed by atoms with Gasteiger partial charge in [-0.15, -0.1) is 0 Å². The van der Waals surface area contributed by atoms with Gasteiger partial charge in [-0.3, -0.25) is 9.10 Å². The number of amides is 1. The van der Waals surface area contributed by atoms with Crippen LogP contribution in [0.5, 0.6) is 0 Å². The van der Waals surface area contributed by atoms with Crippen molar-refractivity contribution in [2.24, 2.45) is 0 Å². The number of aliphatic hydroxyl groups excluding tert-OH is 1. The molecule has 1 amide bonds. The number of anilines is 2. The van der Waals surface area contributed by atoms with Gasteiger partial charge in [0, 0.05) is 18.8 Å². The minimum atomic E-state index is -3.73. The number of nitrogens with zero attached hydrogens (tertiary/aromatic N) is 2. The maximum atomic E-state index is 13.2. The second-order valence-electron chi connectivity index (χ2n) is 7.40. The van der Waals surface area contributed by atoms with Gasteiger partial charge in [-0.1, -0.05) is 18.2 Å². The minimum Gasteiger partial charge on any atom is -0.466 e. The van der Waals surface area contributed by atoms with Gasteiger partial charge in [-0.2, -0.15) is 0 Å². The lowest BCUT2D eigenvalue weighted by molar-refractivity contribution is -0.136. The van der Waals surface area contributed by atoms with Crippen LogP contribution in [0.4, 0.5) is 11.4 Å². The van der Waals surface area contributed by atoms with E-state index in [1.54, 1.807) is 18.2 Å². The van der Waals surface area contributed by atoms with Crippen molar-refractivity contribution in [2.75, 3.05) is 43.0 Å². The Kier molecular flexibility index (Phi) is 5.90. The maximum absolute atomic E-state index is 13.2. The highest BCUT2D eigenvalue weighted by molar-refractivity contribution is 7.92. The molecule has 2 N–H and O–H groups in total. The zero-order valence-electron chi connectivity index (χ0n) is 17.4. The molecule has 2 heterocycles. The van der Waals surface area contributed by atoms with E-state index in [2.05, 4.69) is 5.32 Å². The van der Waals surface area contributed by atoms with Crippen molar-refractivity contribution in [3.05, 3.63) is 65.4 Å². The van der Waals surface area contributed by atoms with Crippen LogP contribution in [-0.2, 0) is 30.8 Å². The summed E-state index contributed by atoms with van der Waals surface area (Å²) in [5, 5.41) is 12.1. The minimum absolute atomic E-state index is 0.0230. The molecular weight excluding hydrogens is 434 g/mol. The molecule has 2 aromatic carbocycles. The Balaban J connectivity index is 1.57. The lowest BCUT2D eigenvalue weighted by Gasteiger charge is -2.20. The Morgan fingerprint density at radius 2 is 1.88 bits per heavy atom. The molecule has 0 fully saturated rings. The summed E-state index contributed by atoms with van der Waals surface area (Å²) < 4.78 is 32.5. The van der Waals surface area contributed by atoms with Crippen molar-refractivity contribution >= 4 is 33.3 Å². The van der Waals surface area contributed by atoms with Crippen LogP contribution in [0.2, 0.25) is 0 Å². The Labute approximate surface area is 185 Å². The van der Waals surface area contributed by atoms with Gasteiger partial charge in [-0.05, 0) is 42.3 Å². The predicted molar refractivity (Wildman–Crippen MR) is 117 cm³/mol. The highest BCUT2D eigenvalue weighted by Crippen LogP contribution is 2.33. The molecule has 0 saturated carbocycles. The lowest BCUT2D eigenvalue weighted by Crippen LogP contribution is -2.31. The van der Waals surface area contributed by atoms with E-state index in [1.165, 1.54) is 28.4 Å².